The molecule has 0 atom stereocenters. The predicted molar refractivity (Wildman–Crippen MR) is 107 cm³/mol. The maximum absolute atomic E-state index is 13.5. The standard InChI is InChI=1S/C21H22FNO4S/c1-21(2,3)20(26)23-15-10-8-14(9-11-15)17(24)12-27-19(25)13-28-18-7-5-4-6-16(18)22/h4-11H,12-13H2,1-3H3,(H,23,26). The number of rotatable bonds is 7. The van der Waals surface area contributed by atoms with E-state index in [2.05, 4.69) is 5.32 Å². The molecule has 2 aromatic carbocycles. The van der Waals surface area contributed by atoms with Gasteiger partial charge in [-0.25, -0.2) is 4.39 Å². The average Bonchev–Trinajstić information content (AvgIpc) is 2.65. The van der Waals surface area contributed by atoms with E-state index >= 15 is 0 Å². The van der Waals surface area contributed by atoms with Crippen LogP contribution in [0.1, 0.15) is 31.1 Å². The van der Waals surface area contributed by atoms with Crippen molar-refractivity contribution in [2.75, 3.05) is 17.7 Å². The molecule has 148 valence electrons. The molecule has 0 saturated carbocycles. The van der Waals surface area contributed by atoms with Gasteiger partial charge in [0.2, 0.25) is 5.91 Å². The van der Waals surface area contributed by atoms with Crippen LogP contribution in [0, 0.1) is 11.2 Å². The quantitative estimate of drug-likeness (QED) is 0.423. The van der Waals surface area contributed by atoms with Crippen LogP contribution in [0.4, 0.5) is 10.1 Å². The number of amides is 1. The van der Waals surface area contributed by atoms with Crippen LogP contribution in [0.3, 0.4) is 0 Å². The molecule has 0 aliphatic rings. The number of hydrogen-bond acceptors (Lipinski definition) is 5. The number of esters is 1. The van der Waals surface area contributed by atoms with E-state index in [-0.39, 0.29) is 17.4 Å². The lowest BCUT2D eigenvalue weighted by Gasteiger charge is -2.17. The van der Waals surface area contributed by atoms with Gasteiger partial charge in [-0.3, -0.25) is 14.4 Å². The molecule has 0 heterocycles. The lowest BCUT2D eigenvalue weighted by Crippen LogP contribution is -2.27. The van der Waals surface area contributed by atoms with E-state index < -0.39 is 23.8 Å². The Labute approximate surface area is 167 Å². The van der Waals surface area contributed by atoms with Gasteiger partial charge >= 0.3 is 5.97 Å². The van der Waals surface area contributed by atoms with Crippen molar-refractivity contribution in [2.24, 2.45) is 5.41 Å². The summed E-state index contributed by atoms with van der Waals surface area (Å²) in [7, 11) is 0. The summed E-state index contributed by atoms with van der Waals surface area (Å²) in [6.07, 6.45) is 0. The maximum atomic E-state index is 13.5. The molecule has 2 rings (SSSR count). The number of nitrogens with one attached hydrogen (secondary N) is 1. The van der Waals surface area contributed by atoms with E-state index in [9.17, 15) is 18.8 Å². The molecule has 7 heteroatoms. The molecule has 0 unspecified atom stereocenters. The molecule has 0 aliphatic heterocycles. The van der Waals surface area contributed by atoms with E-state index in [1.807, 2.05) is 0 Å². The van der Waals surface area contributed by atoms with Crippen molar-refractivity contribution in [3.8, 4) is 0 Å². The Balaban J connectivity index is 1.81. The van der Waals surface area contributed by atoms with Crippen molar-refractivity contribution in [3.63, 3.8) is 0 Å². The van der Waals surface area contributed by atoms with E-state index in [0.29, 0.717) is 16.1 Å². The van der Waals surface area contributed by atoms with Crippen molar-refractivity contribution in [3.05, 3.63) is 59.9 Å². The maximum Gasteiger partial charge on any atom is 0.316 e. The highest BCUT2D eigenvalue weighted by Crippen LogP contribution is 2.21. The number of ether oxygens (including phenoxy) is 1. The average molecular weight is 403 g/mol. The first kappa shape index (κ1) is 21.6. The summed E-state index contributed by atoms with van der Waals surface area (Å²) in [5, 5.41) is 2.77. The molecule has 2 aromatic rings. The van der Waals surface area contributed by atoms with Crippen LogP contribution >= 0.6 is 11.8 Å². The summed E-state index contributed by atoms with van der Waals surface area (Å²) in [5.41, 5.74) is 0.418. The Morgan fingerprint density at radius 2 is 1.68 bits per heavy atom. The van der Waals surface area contributed by atoms with Crippen LogP contribution in [0.2, 0.25) is 0 Å². The second kappa shape index (κ2) is 9.50. The first-order valence-corrected chi connectivity index (χ1v) is 9.63. The van der Waals surface area contributed by atoms with Gasteiger partial charge in [-0.05, 0) is 36.4 Å². The Morgan fingerprint density at radius 3 is 2.29 bits per heavy atom. The van der Waals surface area contributed by atoms with E-state index in [1.54, 1.807) is 63.2 Å². The van der Waals surface area contributed by atoms with Gasteiger partial charge in [-0.2, -0.15) is 0 Å². The monoisotopic (exact) mass is 403 g/mol. The van der Waals surface area contributed by atoms with Gasteiger partial charge in [-0.15, -0.1) is 11.8 Å². The first-order chi connectivity index (χ1) is 13.2. The van der Waals surface area contributed by atoms with Crippen LogP contribution in [0.15, 0.2) is 53.4 Å². The zero-order valence-electron chi connectivity index (χ0n) is 16.0. The second-order valence-electron chi connectivity index (χ2n) is 7.08. The minimum atomic E-state index is -0.601. The summed E-state index contributed by atoms with van der Waals surface area (Å²) in [6, 6.07) is 12.5. The van der Waals surface area contributed by atoms with Gasteiger partial charge < -0.3 is 10.1 Å². The second-order valence-corrected chi connectivity index (χ2v) is 8.10. The molecule has 5 nitrogen and oxygen atoms in total. The Hall–Kier alpha value is -2.67. The van der Waals surface area contributed by atoms with E-state index in [1.165, 1.54) is 6.07 Å². The summed E-state index contributed by atoms with van der Waals surface area (Å²) >= 11 is 1.01. The van der Waals surface area contributed by atoms with Crippen molar-refractivity contribution < 1.29 is 23.5 Å². The van der Waals surface area contributed by atoms with Gasteiger partial charge in [0, 0.05) is 21.6 Å². The van der Waals surface area contributed by atoms with Crippen LogP contribution in [-0.4, -0.2) is 30.0 Å². The number of hydrogen-bond donors (Lipinski definition) is 1. The van der Waals surface area contributed by atoms with Crippen molar-refractivity contribution in [1.82, 2.24) is 0 Å². The van der Waals surface area contributed by atoms with Gasteiger partial charge in [0.15, 0.2) is 12.4 Å². The summed E-state index contributed by atoms with van der Waals surface area (Å²) < 4.78 is 18.5. The number of benzene rings is 2. The van der Waals surface area contributed by atoms with Crippen LogP contribution in [0.5, 0.6) is 0 Å². The Morgan fingerprint density at radius 1 is 1.04 bits per heavy atom. The number of Topliss-reactive ketones (excluding diaryl/α,β-unsaturated/α-hetero) is 1. The van der Waals surface area contributed by atoms with Crippen LogP contribution in [0.25, 0.3) is 0 Å². The number of thioether (sulfide) groups is 1. The third kappa shape index (κ3) is 6.49. The molecular formula is C21H22FNO4S. The zero-order valence-corrected chi connectivity index (χ0v) is 16.8. The minimum absolute atomic E-state index is 0.0913. The fourth-order valence-electron chi connectivity index (χ4n) is 2.03. The van der Waals surface area contributed by atoms with E-state index in [0.717, 1.165) is 11.8 Å². The molecule has 0 aromatic heterocycles. The van der Waals surface area contributed by atoms with E-state index in [4.69, 9.17) is 4.74 Å². The number of anilines is 1. The Kier molecular flexibility index (Phi) is 7.34. The van der Waals surface area contributed by atoms with Crippen molar-refractivity contribution >= 4 is 35.1 Å². The van der Waals surface area contributed by atoms with Crippen LogP contribution in [-0.2, 0) is 14.3 Å². The smallest absolute Gasteiger partial charge is 0.316 e. The molecule has 0 bridgehead atoms. The van der Waals surface area contributed by atoms with Gasteiger partial charge in [0.1, 0.15) is 5.82 Å². The molecule has 0 spiro atoms. The normalized spacial score (nSPS) is 11.0. The fraction of sp³-hybridized carbons (Fsp3) is 0.286. The molecule has 1 amide bonds. The molecular weight excluding hydrogens is 381 g/mol. The zero-order chi connectivity index (χ0) is 20.7. The lowest BCUT2D eigenvalue weighted by molar-refractivity contribution is -0.139. The molecule has 1 N–H and O–H groups in total. The van der Waals surface area contributed by atoms with Crippen molar-refractivity contribution in [2.45, 2.75) is 25.7 Å². The molecule has 0 aliphatic carbocycles. The SMILES string of the molecule is CC(C)(C)C(=O)Nc1ccc(C(=O)COC(=O)CSc2ccccc2F)cc1. The molecule has 28 heavy (non-hydrogen) atoms. The third-order valence-electron chi connectivity index (χ3n) is 3.69. The van der Waals surface area contributed by atoms with Gasteiger partial charge in [0.05, 0.1) is 5.75 Å². The minimum Gasteiger partial charge on any atom is -0.457 e. The number of halogens is 1. The molecule has 0 saturated heterocycles. The number of ketones is 1. The number of carbonyl (C=O) groups is 3. The van der Waals surface area contributed by atoms with Crippen molar-refractivity contribution in [1.29, 1.82) is 0 Å². The van der Waals surface area contributed by atoms with Gasteiger partial charge in [0.25, 0.3) is 0 Å². The largest absolute Gasteiger partial charge is 0.457 e. The highest BCUT2D eigenvalue weighted by atomic mass is 32.2. The highest BCUT2D eigenvalue weighted by molar-refractivity contribution is 8.00. The lowest BCUT2D eigenvalue weighted by atomic mass is 9.95. The first-order valence-electron chi connectivity index (χ1n) is 8.64. The summed E-state index contributed by atoms with van der Waals surface area (Å²) in [5.74, 6) is -1.59. The summed E-state index contributed by atoms with van der Waals surface area (Å²) in [4.78, 5) is 36.2. The van der Waals surface area contributed by atoms with Crippen LogP contribution < -0.4 is 5.32 Å². The highest BCUT2D eigenvalue weighted by Gasteiger charge is 2.21. The van der Waals surface area contributed by atoms with Gasteiger partial charge in [-0.1, -0.05) is 32.9 Å². The fourth-order valence-corrected chi connectivity index (χ4v) is 2.76. The number of carbonyl (C=O) groups excluding carboxylic acids is 3. The third-order valence-corrected chi connectivity index (χ3v) is 4.71. The topological polar surface area (TPSA) is 72.5 Å². The predicted octanol–water partition coefficient (Wildman–Crippen LogP) is 4.33. The molecule has 0 radical (unpaired) electrons. The summed E-state index contributed by atoms with van der Waals surface area (Å²) in [6.45, 7) is 5.02. The Bertz CT molecular complexity index is 859. The molecule has 0 fully saturated rings.